The van der Waals surface area contributed by atoms with Crippen molar-refractivity contribution in [3.8, 4) is 0 Å². The van der Waals surface area contributed by atoms with Crippen molar-refractivity contribution in [2.45, 2.75) is 51.9 Å². The summed E-state index contributed by atoms with van der Waals surface area (Å²) >= 11 is 2.71. The van der Waals surface area contributed by atoms with E-state index in [1.54, 1.807) is 38.5 Å². The third-order valence-electron chi connectivity index (χ3n) is 5.03. The standard InChI is InChI=1S/C12H20.C2H3BrO2/c1-2-12-6-9-3-10(7-12)5-11(4-9)8-12;3-1-2(4)5/h9-11H,2-8H2,1H3;1H2,(H,4,5). The van der Waals surface area contributed by atoms with Gasteiger partial charge in [-0.2, -0.15) is 0 Å². The van der Waals surface area contributed by atoms with Crippen LogP contribution < -0.4 is 0 Å². The van der Waals surface area contributed by atoms with Crippen LogP contribution >= 0.6 is 15.9 Å². The van der Waals surface area contributed by atoms with E-state index in [-0.39, 0.29) is 5.33 Å². The lowest BCUT2D eigenvalue weighted by Crippen LogP contribution is -2.45. The molecule has 4 aliphatic carbocycles. The molecule has 2 nitrogen and oxygen atoms in total. The van der Waals surface area contributed by atoms with Crippen LogP contribution in [0.1, 0.15) is 51.9 Å². The van der Waals surface area contributed by atoms with Crippen molar-refractivity contribution in [2.24, 2.45) is 23.2 Å². The Hall–Kier alpha value is -0.0500. The minimum absolute atomic E-state index is 0.0347. The van der Waals surface area contributed by atoms with Crippen LogP contribution in [0.4, 0.5) is 0 Å². The van der Waals surface area contributed by atoms with Gasteiger partial charge < -0.3 is 5.11 Å². The van der Waals surface area contributed by atoms with Crippen molar-refractivity contribution >= 4 is 21.9 Å². The van der Waals surface area contributed by atoms with E-state index in [1.165, 1.54) is 6.42 Å². The molecule has 4 saturated carbocycles. The van der Waals surface area contributed by atoms with Crippen molar-refractivity contribution < 1.29 is 9.90 Å². The third kappa shape index (κ3) is 3.04. The van der Waals surface area contributed by atoms with Crippen LogP contribution in [0, 0.1) is 23.2 Å². The molecule has 0 aromatic rings. The molecule has 98 valence electrons. The van der Waals surface area contributed by atoms with Crippen LogP contribution in [0.2, 0.25) is 0 Å². The quantitative estimate of drug-likeness (QED) is 0.781. The summed E-state index contributed by atoms with van der Waals surface area (Å²) in [6.45, 7) is 2.42. The van der Waals surface area contributed by atoms with Gasteiger partial charge in [-0.3, -0.25) is 4.79 Å². The maximum atomic E-state index is 9.32. The molecule has 0 spiro atoms. The monoisotopic (exact) mass is 302 g/mol. The second-order valence-electron chi connectivity index (χ2n) is 6.30. The highest BCUT2D eigenvalue weighted by Gasteiger charge is 2.49. The maximum Gasteiger partial charge on any atom is 0.314 e. The summed E-state index contributed by atoms with van der Waals surface area (Å²) < 4.78 is 0. The molecular weight excluding hydrogens is 280 g/mol. The number of hydrogen-bond donors (Lipinski definition) is 1. The highest BCUT2D eigenvalue weighted by atomic mass is 79.9. The maximum absolute atomic E-state index is 9.32. The second kappa shape index (κ2) is 5.29. The molecular formula is C14H23BrO2. The van der Waals surface area contributed by atoms with Gasteiger partial charge in [0.15, 0.2) is 0 Å². The van der Waals surface area contributed by atoms with Crippen LogP contribution in [-0.4, -0.2) is 16.4 Å². The van der Waals surface area contributed by atoms with Gasteiger partial charge in [0.2, 0.25) is 0 Å². The van der Waals surface area contributed by atoms with Crippen molar-refractivity contribution in [2.75, 3.05) is 5.33 Å². The number of halogens is 1. The van der Waals surface area contributed by atoms with Gasteiger partial charge in [0, 0.05) is 0 Å². The zero-order valence-electron chi connectivity index (χ0n) is 10.6. The predicted molar refractivity (Wildman–Crippen MR) is 72.3 cm³/mol. The summed E-state index contributed by atoms with van der Waals surface area (Å²) in [5.74, 6) is 2.62. The molecule has 0 aromatic carbocycles. The summed E-state index contributed by atoms with van der Waals surface area (Å²) in [5.41, 5.74) is 0.842. The Labute approximate surface area is 112 Å². The van der Waals surface area contributed by atoms with Crippen LogP contribution in [0.3, 0.4) is 0 Å². The number of carbonyl (C=O) groups is 1. The van der Waals surface area contributed by atoms with E-state index in [1.807, 2.05) is 0 Å². The van der Waals surface area contributed by atoms with Crippen molar-refractivity contribution in [3.63, 3.8) is 0 Å². The van der Waals surface area contributed by atoms with Gasteiger partial charge in [0.25, 0.3) is 0 Å². The zero-order valence-corrected chi connectivity index (χ0v) is 12.2. The molecule has 0 amide bonds. The van der Waals surface area contributed by atoms with Gasteiger partial charge in [0.05, 0.1) is 0 Å². The van der Waals surface area contributed by atoms with Crippen LogP contribution in [0.15, 0.2) is 0 Å². The molecule has 0 aliphatic heterocycles. The van der Waals surface area contributed by atoms with Crippen LogP contribution in [0.25, 0.3) is 0 Å². The minimum Gasteiger partial charge on any atom is -0.481 e. The SMILES string of the molecule is CCC12CC3CC(CC(C3)C1)C2.O=C(O)CBr. The zero-order chi connectivity index (χ0) is 12.5. The number of carboxylic acids is 1. The van der Waals surface area contributed by atoms with E-state index >= 15 is 0 Å². The molecule has 3 heteroatoms. The number of rotatable bonds is 2. The first-order valence-corrected chi connectivity index (χ1v) is 7.97. The lowest BCUT2D eigenvalue weighted by Gasteiger charge is -2.56. The number of carboxylic acid groups (broad SMARTS) is 1. The van der Waals surface area contributed by atoms with Gasteiger partial charge >= 0.3 is 5.97 Å². The van der Waals surface area contributed by atoms with Crippen molar-refractivity contribution in [3.05, 3.63) is 0 Å². The van der Waals surface area contributed by atoms with Crippen LogP contribution in [0.5, 0.6) is 0 Å². The molecule has 0 unspecified atom stereocenters. The first-order valence-electron chi connectivity index (χ1n) is 6.84. The predicted octanol–water partition coefficient (Wildman–Crippen LogP) is 4.08. The summed E-state index contributed by atoms with van der Waals surface area (Å²) in [6.07, 6.45) is 11.0. The van der Waals surface area contributed by atoms with E-state index in [4.69, 9.17) is 5.11 Å². The minimum atomic E-state index is -0.829. The summed E-state index contributed by atoms with van der Waals surface area (Å²) in [4.78, 5) is 9.32. The molecule has 0 aromatic heterocycles. The Morgan fingerprint density at radius 2 is 1.53 bits per heavy atom. The fourth-order valence-corrected chi connectivity index (χ4v) is 4.72. The Morgan fingerprint density at radius 1 is 1.18 bits per heavy atom. The Morgan fingerprint density at radius 3 is 1.76 bits per heavy atom. The molecule has 1 N–H and O–H groups in total. The molecule has 0 saturated heterocycles. The van der Waals surface area contributed by atoms with Gasteiger partial charge in [0.1, 0.15) is 5.33 Å². The van der Waals surface area contributed by atoms with Gasteiger partial charge in [-0.05, 0) is 61.7 Å². The summed E-state index contributed by atoms with van der Waals surface area (Å²) in [7, 11) is 0. The average molecular weight is 303 g/mol. The smallest absolute Gasteiger partial charge is 0.314 e. The fraction of sp³-hybridized carbons (Fsp3) is 0.929. The topological polar surface area (TPSA) is 37.3 Å². The van der Waals surface area contributed by atoms with Gasteiger partial charge in [-0.15, -0.1) is 0 Å². The molecule has 17 heavy (non-hydrogen) atoms. The number of hydrogen-bond acceptors (Lipinski definition) is 1. The molecule has 4 aliphatic rings. The molecule has 4 rings (SSSR count). The highest BCUT2D eigenvalue weighted by Crippen LogP contribution is 2.61. The first kappa shape index (κ1) is 13.4. The third-order valence-corrected chi connectivity index (χ3v) is 5.51. The fourth-order valence-electron chi connectivity index (χ4n) is 4.72. The van der Waals surface area contributed by atoms with E-state index in [0.717, 1.165) is 23.2 Å². The molecule has 4 bridgehead atoms. The normalized spacial score (nSPS) is 41.9. The number of aliphatic carboxylic acids is 1. The first-order chi connectivity index (χ1) is 8.07. The van der Waals surface area contributed by atoms with Crippen LogP contribution in [-0.2, 0) is 4.79 Å². The van der Waals surface area contributed by atoms with E-state index < -0.39 is 5.97 Å². The average Bonchev–Trinajstić information content (AvgIpc) is 2.28. The van der Waals surface area contributed by atoms with Crippen molar-refractivity contribution in [1.29, 1.82) is 0 Å². The number of alkyl halides is 1. The Balaban J connectivity index is 0.000000188. The summed E-state index contributed by atoms with van der Waals surface area (Å²) in [6, 6.07) is 0. The molecule has 0 atom stereocenters. The van der Waals surface area contributed by atoms with E-state index in [0.29, 0.717) is 0 Å². The van der Waals surface area contributed by atoms with E-state index in [9.17, 15) is 4.79 Å². The summed E-state index contributed by atoms with van der Waals surface area (Å²) in [5, 5.41) is 7.71. The molecule has 0 radical (unpaired) electrons. The Bertz CT molecular complexity index is 253. The van der Waals surface area contributed by atoms with Crippen molar-refractivity contribution in [1.82, 2.24) is 0 Å². The lowest BCUT2D eigenvalue weighted by atomic mass is 9.49. The second-order valence-corrected chi connectivity index (χ2v) is 6.86. The molecule has 0 heterocycles. The highest BCUT2D eigenvalue weighted by molar-refractivity contribution is 9.09. The van der Waals surface area contributed by atoms with E-state index in [2.05, 4.69) is 22.9 Å². The molecule has 4 fully saturated rings. The lowest BCUT2D eigenvalue weighted by molar-refractivity contribution is -0.133. The van der Waals surface area contributed by atoms with Gasteiger partial charge in [-0.1, -0.05) is 29.3 Å². The Kier molecular flexibility index (Phi) is 4.17. The van der Waals surface area contributed by atoms with Gasteiger partial charge in [-0.25, -0.2) is 0 Å². The largest absolute Gasteiger partial charge is 0.481 e.